The lowest BCUT2D eigenvalue weighted by Gasteiger charge is -2.11. The summed E-state index contributed by atoms with van der Waals surface area (Å²) in [5.41, 5.74) is 6.71. The van der Waals surface area contributed by atoms with Gasteiger partial charge in [0, 0.05) is 17.6 Å². The lowest BCUT2D eigenvalue weighted by molar-refractivity contribution is -0.114. The second kappa shape index (κ2) is 6.25. The Morgan fingerprint density at radius 2 is 1.77 bits per heavy atom. The molecule has 1 amide bonds. The maximum Gasteiger partial charge on any atom is 0.261 e. The lowest BCUT2D eigenvalue weighted by Crippen LogP contribution is -2.14. The highest BCUT2D eigenvalue weighted by Gasteiger charge is 2.15. The van der Waals surface area contributed by atoms with Crippen molar-refractivity contribution in [3.05, 3.63) is 47.5 Å². The molecule has 2 aromatic rings. The van der Waals surface area contributed by atoms with E-state index < -0.39 is 10.0 Å². The van der Waals surface area contributed by atoms with Gasteiger partial charge in [-0.3, -0.25) is 9.52 Å². The third kappa shape index (κ3) is 3.90. The molecule has 0 unspecified atom stereocenters. The molecule has 2 rings (SSSR count). The van der Waals surface area contributed by atoms with Gasteiger partial charge in [0.25, 0.3) is 10.0 Å². The number of nitrogens with two attached hydrogens (primary N) is 1. The van der Waals surface area contributed by atoms with Crippen LogP contribution >= 0.6 is 11.6 Å². The summed E-state index contributed by atoms with van der Waals surface area (Å²) in [7, 11) is -3.78. The van der Waals surface area contributed by atoms with E-state index >= 15 is 0 Å². The first-order valence-corrected chi connectivity index (χ1v) is 8.09. The van der Waals surface area contributed by atoms with Crippen molar-refractivity contribution in [1.29, 1.82) is 0 Å². The third-order valence-corrected chi connectivity index (χ3v) is 4.36. The normalized spacial score (nSPS) is 11.0. The third-order valence-electron chi connectivity index (χ3n) is 2.74. The zero-order valence-electron chi connectivity index (χ0n) is 11.6. The van der Waals surface area contributed by atoms with Crippen LogP contribution in [-0.4, -0.2) is 14.3 Å². The van der Waals surface area contributed by atoms with Gasteiger partial charge in [0.05, 0.1) is 16.3 Å². The van der Waals surface area contributed by atoms with Gasteiger partial charge in [-0.2, -0.15) is 0 Å². The van der Waals surface area contributed by atoms with Gasteiger partial charge in [-0.15, -0.1) is 0 Å². The Bertz CT molecular complexity index is 805. The van der Waals surface area contributed by atoms with Crippen LogP contribution in [0.3, 0.4) is 0 Å². The lowest BCUT2D eigenvalue weighted by atomic mass is 10.3. The molecular formula is C14H14ClN3O3S. The summed E-state index contributed by atoms with van der Waals surface area (Å²) in [6, 6.07) is 10.3. The highest BCUT2D eigenvalue weighted by Crippen LogP contribution is 2.25. The average Bonchev–Trinajstić information content (AvgIpc) is 2.42. The second-order valence-electron chi connectivity index (χ2n) is 4.54. The molecule has 0 aliphatic heterocycles. The predicted octanol–water partition coefficient (Wildman–Crippen LogP) is 2.68. The molecule has 0 spiro atoms. The largest absolute Gasteiger partial charge is 0.397 e. The number of nitrogen functional groups attached to an aromatic ring is 1. The number of hydrogen-bond acceptors (Lipinski definition) is 4. The first-order chi connectivity index (χ1) is 10.3. The van der Waals surface area contributed by atoms with Crippen LogP contribution in [0.1, 0.15) is 6.92 Å². The molecule has 0 fully saturated rings. The predicted molar refractivity (Wildman–Crippen MR) is 87.4 cm³/mol. The number of sulfonamides is 1. The Morgan fingerprint density at radius 3 is 2.32 bits per heavy atom. The summed E-state index contributed by atoms with van der Waals surface area (Å²) in [6.07, 6.45) is 0. The van der Waals surface area contributed by atoms with Crippen molar-refractivity contribution in [1.82, 2.24) is 0 Å². The molecule has 0 saturated carbocycles. The molecule has 0 saturated heterocycles. The van der Waals surface area contributed by atoms with E-state index in [4.69, 9.17) is 17.3 Å². The molecule has 0 bridgehead atoms. The second-order valence-corrected chi connectivity index (χ2v) is 6.66. The minimum atomic E-state index is -3.78. The zero-order valence-corrected chi connectivity index (χ0v) is 13.2. The van der Waals surface area contributed by atoms with Gasteiger partial charge in [-0.25, -0.2) is 8.42 Å². The first kappa shape index (κ1) is 16.1. The molecule has 116 valence electrons. The molecule has 0 atom stereocenters. The molecule has 0 radical (unpaired) electrons. The van der Waals surface area contributed by atoms with Crippen LogP contribution in [0.4, 0.5) is 17.1 Å². The number of benzene rings is 2. The van der Waals surface area contributed by atoms with Gasteiger partial charge in [-0.1, -0.05) is 11.6 Å². The van der Waals surface area contributed by atoms with Crippen LogP contribution in [0.5, 0.6) is 0 Å². The number of anilines is 3. The van der Waals surface area contributed by atoms with Crippen LogP contribution in [0, 0.1) is 0 Å². The standard InChI is InChI=1S/C14H14ClN3O3S/c1-9(19)17-11-3-5-12(6-4-11)22(20,21)18-14-7-2-10(15)8-13(14)16/h2-8,18H,16H2,1H3,(H,17,19). The summed E-state index contributed by atoms with van der Waals surface area (Å²) in [5.74, 6) is -0.234. The number of carbonyl (C=O) groups excluding carboxylic acids is 1. The van der Waals surface area contributed by atoms with Gasteiger partial charge >= 0.3 is 0 Å². The summed E-state index contributed by atoms with van der Waals surface area (Å²) in [5, 5.41) is 2.98. The number of rotatable bonds is 4. The Morgan fingerprint density at radius 1 is 1.14 bits per heavy atom. The number of amides is 1. The Balaban J connectivity index is 2.24. The van der Waals surface area contributed by atoms with Crippen molar-refractivity contribution >= 4 is 44.6 Å². The van der Waals surface area contributed by atoms with E-state index in [0.717, 1.165) is 0 Å². The highest BCUT2D eigenvalue weighted by molar-refractivity contribution is 7.92. The molecule has 0 heterocycles. The maximum absolute atomic E-state index is 12.3. The number of halogens is 1. The van der Waals surface area contributed by atoms with Crippen molar-refractivity contribution in [2.75, 3.05) is 15.8 Å². The van der Waals surface area contributed by atoms with E-state index in [-0.39, 0.29) is 22.2 Å². The first-order valence-electron chi connectivity index (χ1n) is 6.23. The van der Waals surface area contributed by atoms with Gasteiger partial charge < -0.3 is 11.1 Å². The molecular weight excluding hydrogens is 326 g/mol. The smallest absolute Gasteiger partial charge is 0.261 e. The van der Waals surface area contributed by atoms with Gasteiger partial charge in [0.2, 0.25) is 5.91 Å². The van der Waals surface area contributed by atoms with Crippen LogP contribution in [0.25, 0.3) is 0 Å². The van der Waals surface area contributed by atoms with Crippen molar-refractivity contribution < 1.29 is 13.2 Å². The Hall–Kier alpha value is -2.25. The van der Waals surface area contributed by atoms with Crippen LogP contribution < -0.4 is 15.8 Å². The van der Waals surface area contributed by atoms with Crippen LogP contribution in [0.2, 0.25) is 5.02 Å². The zero-order chi connectivity index (χ0) is 16.3. The van der Waals surface area contributed by atoms with E-state index in [2.05, 4.69) is 10.0 Å². The molecule has 0 aliphatic rings. The Labute approximate surface area is 133 Å². The van der Waals surface area contributed by atoms with E-state index in [1.54, 1.807) is 0 Å². The van der Waals surface area contributed by atoms with Crippen LogP contribution in [-0.2, 0) is 14.8 Å². The van der Waals surface area contributed by atoms with Crippen molar-refractivity contribution in [2.24, 2.45) is 0 Å². The average molecular weight is 340 g/mol. The fraction of sp³-hybridized carbons (Fsp3) is 0.0714. The van der Waals surface area contributed by atoms with Gasteiger partial charge in [0.15, 0.2) is 0 Å². The van der Waals surface area contributed by atoms with Crippen molar-refractivity contribution in [2.45, 2.75) is 11.8 Å². The summed E-state index contributed by atoms with van der Waals surface area (Å²) in [6.45, 7) is 1.37. The number of carbonyl (C=O) groups is 1. The minimum absolute atomic E-state index is 0.0518. The quantitative estimate of drug-likeness (QED) is 0.745. The van der Waals surface area contributed by atoms with E-state index in [1.165, 1.54) is 49.4 Å². The van der Waals surface area contributed by atoms with E-state index in [0.29, 0.717) is 10.7 Å². The monoisotopic (exact) mass is 339 g/mol. The summed E-state index contributed by atoms with van der Waals surface area (Å²) < 4.78 is 27.0. The molecule has 0 aliphatic carbocycles. The SMILES string of the molecule is CC(=O)Nc1ccc(S(=O)(=O)Nc2ccc(Cl)cc2N)cc1. The molecule has 0 aromatic heterocycles. The molecule has 6 nitrogen and oxygen atoms in total. The summed E-state index contributed by atoms with van der Waals surface area (Å²) >= 11 is 5.77. The maximum atomic E-state index is 12.3. The van der Waals surface area contributed by atoms with Crippen LogP contribution in [0.15, 0.2) is 47.4 Å². The fourth-order valence-electron chi connectivity index (χ4n) is 1.75. The topological polar surface area (TPSA) is 101 Å². The molecule has 8 heteroatoms. The molecule has 2 aromatic carbocycles. The highest BCUT2D eigenvalue weighted by atomic mass is 35.5. The van der Waals surface area contributed by atoms with Gasteiger partial charge in [0.1, 0.15) is 0 Å². The molecule has 22 heavy (non-hydrogen) atoms. The van der Waals surface area contributed by atoms with E-state index in [9.17, 15) is 13.2 Å². The molecule has 4 N–H and O–H groups in total. The summed E-state index contributed by atoms with van der Waals surface area (Å²) in [4.78, 5) is 11.0. The fourth-order valence-corrected chi connectivity index (χ4v) is 3.02. The van der Waals surface area contributed by atoms with Gasteiger partial charge in [-0.05, 0) is 42.5 Å². The van der Waals surface area contributed by atoms with Crippen molar-refractivity contribution in [3.63, 3.8) is 0 Å². The number of nitrogens with one attached hydrogen (secondary N) is 2. The van der Waals surface area contributed by atoms with E-state index in [1.807, 2.05) is 0 Å². The van der Waals surface area contributed by atoms with Crippen molar-refractivity contribution in [3.8, 4) is 0 Å². The number of hydrogen-bond donors (Lipinski definition) is 3. The Kier molecular flexibility index (Phi) is 4.58. The minimum Gasteiger partial charge on any atom is -0.397 e.